The van der Waals surface area contributed by atoms with Crippen LogP contribution in [0.5, 0.6) is 0 Å². The van der Waals surface area contributed by atoms with E-state index in [4.69, 9.17) is 9.47 Å². The number of benzene rings is 2. The summed E-state index contributed by atoms with van der Waals surface area (Å²) in [5.41, 5.74) is 5.34. The van der Waals surface area contributed by atoms with Crippen LogP contribution in [0.1, 0.15) is 108 Å². The molecule has 4 rings (SSSR count). The molecular weight excluding hydrogens is 404 g/mol. The van der Waals surface area contributed by atoms with Gasteiger partial charge in [0.1, 0.15) is 6.10 Å². The van der Waals surface area contributed by atoms with E-state index in [9.17, 15) is 0 Å². The van der Waals surface area contributed by atoms with Crippen molar-refractivity contribution in [3.05, 3.63) is 59.7 Å². The summed E-state index contributed by atoms with van der Waals surface area (Å²) in [5, 5.41) is 0. The molecule has 2 aromatic carbocycles. The monoisotopic (exact) mass is 448 g/mol. The van der Waals surface area contributed by atoms with Crippen molar-refractivity contribution in [2.75, 3.05) is 13.2 Å². The first-order valence-electron chi connectivity index (χ1n) is 13.7. The maximum atomic E-state index is 6.14. The molecule has 0 amide bonds. The standard InChI is InChI=1S/C31H44O2/c1-3-5-7-9-30-22-33-31(23-32-30)29-20-18-28(19-21-29)27-16-14-26(15-17-27)25-12-10-24(11-13-25)8-6-4-2/h14-21,24-25,30-31H,3-13,22-23H2,1-2H3/t24?,25?,30-,31-/m1/s1. The minimum atomic E-state index is 0.0660. The molecule has 33 heavy (non-hydrogen) atoms. The third-order valence-corrected chi connectivity index (χ3v) is 7.91. The van der Waals surface area contributed by atoms with Gasteiger partial charge in [-0.15, -0.1) is 0 Å². The lowest BCUT2D eigenvalue weighted by Crippen LogP contribution is -2.31. The van der Waals surface area contributed by atoms with Gasteiger partial charge in [0, 0.05) is 0 Å². The van der Waals surface area contributed by atoms with Crippen LogP contribution in [-0.2, 0) is 9.47 Å². The summed E-state index contributed by atoms with van der Waals surface area (Å²) in [7, 11) is 0. The third-order valence-electron chi connectivity index (χ3n) is 7.91. The van der Waals surface area contributed by atoms with Crippen LogP contribution < -0.4 is 0 Å². The van der Waals surface area contributed by atoms with Gasteiger partial charge in [-0.1, -0.05) is 101 Å². The zero-order valence-electron chi connectivity index (χ0n) is 20.9. The Bertz CT molecular complexity index is 794. The molecular formula is C31H44O2. The van der Waals surface area contributed by atoms with E-state index in [0.29, 0.717) is 6.61 Å². The number of ether oxygens (including phenoxy) is 2. The molecule has 180 valence electrons. The van der Waals surface area contributed by atoms with Gasteiger partial charge in [0.2, 0.25) is 0 Å². The summed E-state index contributed by atoms with van der Waals surface area (Å²) in [4.78, 5) is 0. The Morgan fingerprint density at radius 1 is 0.636 bits per heavy atom. The number of hydrogen-bond donors (Lipinski definition) is 0. The second-order valence-corrected chi connectivity index (χ2v) is 10.4. The van der Waals surface area contributed by atoms with Gasteiger partial charge in [0.25, 0.3) is 0 Å². The smallest absolute Gasteiger partial charge is 0.106 e. The predicted molar refractivity (Wildman–Crippen MR) is 139 cm³/mol. The summed E-state index contributed by atoms with van der Waals surface area (Å²) >= 11 is 0. The Balaban J connectivity index is 1.27. The lowest BCUT2D eigenvalue weighted by Gasteiger charge is -2.30. The average Bonchev–Trinajstić information content (AvgIpc) is 2.89. The van der Waals surface area contributed by atoms with E-state index in [2.05, 4.69) is 62.4 Å². The maximum Gasteiger partial charge on any atom is 0.106 e. The third kappa shape index (κ3) is 6.93. The minimum Gasteiger partial charge on any atom is -0.373 e. The fourth-order valence-electron chi connectivity index (χ4n) is 5.64. The van der Waals surface area contributed by atoms with Crippen molar-refractivity contribution in [2.24, 2.45) is 5.92 Å². The van der Waals surface area contributed by atoms with E-state index in [1.54, 1.807) is 0 Å². The molecule has 1 heterocycles. The Kier molecular flexibility index (Phi) is 9.44. The van der Waals surface area contributed by atoms with E-state index < -0.39 is 0 Å². The topological polar surface area (TPSA) is 18.5 Å². The Hall–Kier alpha value is -1.64. The van der Waals surface area contributed by atoms with Crippen molar-refractivity contribution in [1.29, 1.82) is 0 Å². The summed E-state index contributed by atoms with van der Waals surface area (Å²) in [5.74, 6) is 1.73. The number of hydrogen-bond acceptors (Lipinski definition) is 2. The predicted octanol–water partition coefficient (Wildman–Crippen LogP) is 8.85. The van der Waals surface area contributed by atoms with Gasteiger partial charge in [-0.05, 0) is 66.2 Å². The average molecular weight is 449 g/mol. The second-order valence-electron chi connectivity index (χ2n) is 10.4. The second kappa shape index (κ2) is 12.7. The molecule has 1 saturated carbocycles. The minimum absolute atomic E-state index is 0.0660. The van der Waals surface area contributed by atoms with Crippen LogP contribution >= 0.6 is 0 Å². The first-order chi connectivity index (χ1) is 16.3. The van der Waals surface area contributed by atoms with Crippen molar-refractivity contribution >= 4 is 0 Å². The summed E-state index contributed by atoms with van der Waals surface area (Å²) < 4.78 is 12.2. The van der Waals surface area contributed by atoms with Gasteiger partial charge in [0.15, 0.2) is 0 Å². The first kappa shape index (κ1) is 24.5. The summed E-state index contributed by atoms with van der Waals surface area (Å²) in [6.45, 7) is 5.94. The normalized spacial score (nSPS) is 25.8. The van der Waals surface area contributed by atoms with Crippen molar-refractivity contribution in [2.45, 2.75) is 103 Å². The highest BCUT2D eigenvalue weighted by molar-refractivity contribution is 5.64. The van der Waals surface area contributed by atoms with Crippen molar-refractivity contribution in [3.63, 3.8) is 0 Å². The first-order valence-corrected chi connectivity index (χ1v) is 13.7. The van der Waals surface area contributed by atoms with Crippen LogP contribution in [-0.4, -0.2) is 19.3 Å². The molecule has 0 N–H and O–H groups in total. The molecule has 0 unspecified atom stereocenters. The molecule has 0 aromatic heterocycles. The Labute approximate surface area is 202 Å². The van der Waals surface area contributed by atoms with E-state index in [0.717, 1.165) is 24.9 Å². The van der Waals surface area contributed by atoms with Crippen molar-refractivity contribution in [1.82, 2.24) is 0 Å². The molecule has 1 saturated heterocycles. The lowest BCUT2D eigenvalue weighted by molar-refractivity contribution is -0.137. The Morgan fingerprint density at radius 2 is 1.27 bits per heavy atom. The fourth-order valence-corrected chi connectivity index (χ4v) is 5.64. The zero-order chi connectivity index (χ0) is 22.9. The molecule has 2 nitrogen and oxygen atoms in total. The SMILES string of the molecule is CCCCC[C@@H]1CO[C@@H](c2ccc(-c3ccc(C4CCC(CCCC)CC4)cc3)cc2)CO1. The molecule has 1 aliphatic carbocycles. The number of rotatable bonds is 10. The largest absolute Gasteiger partial charge is 0.373 e. The highest BCUT2D eigenvalue weighted by atomic mass is 16.6. The van der Waals surface area contributed by atoms with Gasteiger partial charge in [-0.25, -0.2) is 0 Å². The quantitative estimate of drug-likeness (QED) is 0.338. The van der Waals surface area contributed by atoms with Crippen molar-refractivity contribution in [3.8, 4) is 11.1 Å². The number of unbranched alkanes of at least 4 members (excludes halogenated alkanes) is 3. The van der Waals surface area contributed by atoms with Crippen LogP contribution in [0.25, 0.3) is 11.1 Å². The van der Waals surface area contributed by atoms with Crippen LogP contribution in [0, 0.1) is 5.92 Å². The lowest BCUT2D eigenvalue weighted by atomic mass is 9.77. The van der Waals surface area contributed by atoms with Crippen LogP contribution in [0.3, 0.4) is 0 Å². The van der Waals surface area contributed by atoms with E-state index >= 15 is 0 Å². The molecule has 0 spiro atoms. The van der Waals surface area contributed by atoms with E-state index in [1.165, 1.54) is 86.5 Å². The van der Waals surface area contributed by atoms with Gasteiger partial charge in [-0.3, -0.25) is 0 Å². The summed E-state index contributed by atoms with van der Waals surface area (Å²) in [6.07, 6.45) is 15.0. The molecule has 2 aliphatic rings. The van der Waals surface area contributed by atoms with E-state index in [1.807, 2.05) is 0 Å². The molecule has 0 bridgehead atoms. The summed E-state index contributed by atoms with van der Waals surface area (Å²) in [6, 6.07) is 18.3. The van der Waals surface area contributed by atoms with Gasteiger partial charge >= 0.3 is 0 Å². The van der Waals surface area contributed by atoms with Gasteiger partial charge in [-0.2, -0.15) is 0 Å². The zero-order valence-corrected chi connectivity index (χ0v) is 20.9. The Morgan fingerprint density at radius 3 is 1.85 bits per heavy atom. The molecule has 2 atom stereocenters. The van der Waals surface area contributed by atoms with Crippen LogP contribution in [0.15, 0.2) is 48.5 Å². The molecule has 2 aromatic rings. The van der Waals surface area contributed by atoms with Gasteiger partial charge < -0.3 is 9.47 Å². The van der Waals surface area contributed by atoms with E-state index in [-0.39, 0.29) is 12.2 Å². The molecule has 2 heteroatoms. The van der Waals surface area contributed by atoms with Crippen LogP contribution in [0.2, 0.25) is 0 Å². The maximum absolute atomic E-state index is 6.14. The highest BCUT2D eigenvalue weighted by Gasteiger charge is 2.24. The highest BCUT2D eigenvalue weighted by Crippen LogP contribution is 2.38. The molecule has 1 aliphatic heterocycles. The van der Waals surface area contributed by atoms with Crippen LogP contribution in [0.4, 0.5) is 0 Å². The van der Waals surface area contributed by atoms with Crippen molar-refractivity contribution < 1.29 is 9.47 Å². The molecule has 2 fully saturated rings. The fraction of sp³-hybridized carbons (Fsp3) is 0.613. The van der Waals surface area contributed by atoms with Gasteiger partial charge in [0.05, 0.1) is 19.3 Å². The molecule has 0 radical (unpaired) electrons.